The SMILES string of the molecule is CCOOC/C=C/CC(C/C=C/C(=O)OCC)[C@H]1CCC2[C@@H](C)CCC[C@@]21C.CCOOCCCCC(CCCC(=O)OCC)[C@H]1CCC2[C@@H](C)CCC[C@@]21C. The number of fused-ring (bicyclic) bond motifs is 2. The fourth-order valence-electron chi connectivity index (χ4n) is 12.2. The Bertz CT molecular complexity index is 1150. The van der Waals surface area contributed by atoms with Gasteiger partial charge in [0.2, 0.25) is 0 Å². The van der Waals surface area contributed by atoms with Gasteiger partial charge in [-0.25, -0.2) is 24.3 Å². The average molecular weight is 789 g/mol. The van der Waals surface area contributed by atoms with Crippen molar-refractivity contribution in [3.8, 4) is 0 Å². The van der Waals surface area contributed by atoms with Crippen LogP contribution in [0, 0.1) is 58.2 Å². The Morgan fingerprint density at radius 1 is 0.625 bits per heavy atom. The highest BCUT2D eigenvalue weighted by atomic mass is 17.2. The molecule has 10 atom stereocenters. The molecule has 8 heteroatoms. The van der Waals surface area contributed by atoms with Gasteiger partial charge in [0, 0.05) is 12.5 Å². The second-order valence-electron chi connectivity index (χ2n) is 18.1. The van der Waals surface area contributed by atoms with Crippen molar-refractivity contribution in [2.75, 3.05) is 39.6 Å². The van der Waals surface area contributed by atoms with E-state index in [9.17, 15) is 9.59 Å². The highest BCUT2D eigenvalue weighted by Gasteiger charge is 2.53. The first-order valence-corrected chi connectivity index (χ1v) is 23.2. The van der Waals surface area contributed by atoms with Gasteiger partial charge in [0.25, 0.3) is 0 Å². The molecule has 0 aromatic carbocycles. The molecule has 0 aromatic rings. The summed E-state index contributed by atoms with van der Waals surface area (Å²) in [5.41, 5.74) is 0.948. The van der Waals surface area contributed by atoms with Crippen molar-refractivity contribution >= 4 is 11.9 Å². The lowest BCUT2D eigenvalue weighted by Gasteiger charge is -2.46. The summed E-state index contributed by atoms with van der Waals surface area (Å²) < 4.78 is 10.2. The first kappa shape index (κ1) is 48.6. The van der Waals surface area contributed by atoms with Gasteiger partial charge in [-0.1, -0.05) is 84.4 Å². The number of carbonyl (C=O) groups is 2. The summed E-state index contributed by atoms with van der Waals surface area (Å²) in [5, 5.41) is 0. The van der Waals surface area contributed by atoms with E-state index in [2.05, 4.69) is 39.8 Å². The van der Waals surface area contributed by atoms with Crippen molar-refractivity contribution in [2.45, 2.75) is 171 Å². The largest absolute Gasteiger partial charge is 0.466 e. The molecule has 4 fully saturated rings. The minimum Gasteiger partial charge on any atom is -0.466 e. The number of unbranched alkanes of at least 4 members (excludes halogenated alkanes) is 1. The lowest BCUT2D eigenvalue weighted by Crippen LogP contribution is -2.38. The molecular weight excluding hydrogens is 705 g/mol. The van der Waals surface area contributed by atoms with Crippen molar-refractivity contribution in [3.63, 3.8) is 0 Å². The van der Waals surface area contributed by atoms with E-state index in [0.29, 0.717) is 68.7 Å². The van der Waals surface area contributed by atoms with E-state index < -0.39 is 0 Å². The summed E-state index contributed by atoms with van der Waals surface area (Å²) in [4.78, 5) is 43.7. The molecule has 0 aliphatic heterocycles. The fourth-order valence-corrected chi connectivity index (χ4v) is 12.2. The molecule has 0 heterocycles. The average Bonchev–Trinajstić information content (AvgIpc) is 3.71. The first-order valence-electron chi connectivity index (χ1n) is 23.2. The quantitative estimate of drug-likeness (QED) is 0.0238. The Hall–Kier alpha value is -1.74. The van der Waals surface area contributed by atoms with Crippen LogP contribution in [-0.2, 0) is 38.6 Å². The minimum absolute atomic E-state index is 0.0341. The van der Waals surface area contributed by atoms with Gasteiger partial charge in [0.15, 0.2) is 0 Å². The van der Waals surface area contributed by atoms with Crippen molar-refractivity contribution in [1.29, 1.82) is 0 Å². The highest BCUT2D eigenvalue weighted by molar-refractivity contribution is 5.81. The maximum atomic E-state index is 11.8. The van der Waals surface area contributed by atoms with E-state index in [4.69, 9.17) is 29.0 Å². The zero-order valence-corrected chi connectivity index (χ0v) is 37.2. The van der Waals surface area contributed by atoms with Gasteiger partial charge in [-0.15, -0.1) is 0 Å². The van der Waals surface area contributed by atoms with E-state index in [1.807, 2.05) is 33.8 Å². The third-order valence-corrected chi connectivity index (χ3v) is 14.7. The molecule has 0 N–H and O–H groups in total. The summed E-state index contributed by atoms with van der Waals surface area (Å²) in [6.07, 6.45) is 29.8. The molecule has 4 aliphatic carbocycles. The number of hydrogen-bond acceptors (Lipinski definition) is 8. The number of ether oxygens (including phenoxy) is 2. The molecule has 0 radical (unpaired) electrons. The van der Waals surface area contributed by atoms with Crippen LogP contribution in [0.15, 0.2) is 24.3 Å². The van der Waals surface area contributed by atoms with Crippen molar-refractivity contribution in [1.82, 2.24) is 0 Å². The number of rotatable bonds is 24. The normalized spacial score (nSPS) is 31.1. The standard InChI is InChI=1S/C24H44O4.C24H40O4/c2*1-5-26-23(25)14-9-13-20(12-7-8-18-28-27-6-2)22-16-15-21-19(3)11-10-17-24(21,22)4/h19-22H,5-18H2,1-4H3;7-9,14,19-22H,5-6,10-13,15-18H2,1-4H3/b;8-7+,14-9+/t2*19-,20?,21?,22+,24-/m00/s1. The molecule has 4 unspecified atom stereocenters. The van der Waals surface area contributed by atoms with E-state index in [-0.39, 0.29) is 11.9 Å². The van der Waals surface area contributed by atoms with Crippen LogP contribution in [0.25, 0.3) is 0 Å². The maximum absolute atomic E-state index is 11.8. The van der Waals surface area contributed by atoms with Gasteiger partial charge < -0.3 is 9.47 Å². The topological polar surface area (TPSA) is 89.5 Å². The smallest absolute Gasteiger partial charge is 0.330 e. The molecule has 324 valence electrons. The van der Waals surface area contributed by atoms with E-state index in [1.165, 1.54) is 77.0 Å². The molecule has 8 nitrogen and oxygen atoms in total. The van der Waals surface area contributed by atoms with E-state index >= 15 is 0 Å². The van der Waals surface area contributed by atoms with Crippen LogP contribution >= 0.6 is 0 Å². The lowest BCUT2D eigenvalue weighted by molar-refractivity contribution is -0.291. The van der Waals surface area contributed by atoms with Crippen LogP contribution in [0.3, 0.4) is 0 Å². The Labute approximate surface area is 342 Å². The summed E-state index contributed by atoms with van der Waals surface area (Å²) in [5.74, 6) is 6.01. The zero-order valence-electron chi connectivity index (χ0n) is 37.2. The van der Waals surface area contributed by atoms with Gasteiger partial charge in [0.1, 0.15) is 6.61 Å². The lowest BCUT2D eigenvalue weighted by atomic mass is 9.59. The predicted molar refractivity (Wildman–Crippen MR) is 225 cm³/mol. The molecular formula is C48H84O8. The molecule has 0 bridgehead atoms. The van der Waals surface area contributed by atoms with Gasteiger partial charge in [0.05, 0.1) is 33.0 Å². The predicted octanol–water partition coefficient (Wildman–Crippen LogP) is 12.2. The van der Waals surface area contributed by atoms with Crippen LogP contribution in [0.1, 0.15) is 171 Å². The van der Waals surface area contributed by atoms with E-state index in [0.717, 1.165) is 67.6 Å². The van der Waals surface area contributed by atoms with Crippen molar-refractivity contribution in [3.05, 3.63) is 24.3 Å². The van der Waals surface area contributed by atoms with Crippen LogP contribution < -0.4 is 0 Å². The number of allylic oxidation sites excluding steroid dienone is 2. The van der Waals surface area contributed by atoms with Crippen LogP contribution in [0.5, 0.6) is 0 Å². The Balaban J connectivity index is 0.000000300. The monoisotopic (exact) mass is 789 g/mol. The van der Waals surface area contributed by atoms with Gasteiger partial charge >= 0.3 is 11.9 Å². The molecule has 0 spiro atoms. The third kappa shape index (κ3) is 14.8. The molecule has 4 aliphatic rings. The van der Waals surface area contributed by atoms with Gasteiger partial charge in [-0.05, 0) is 156 Å². The molecule has 0 saturated heterocycles. The maximum Gasteiger partial charge on any atom is 0.330 e. The zero-order chi connectivity index (χ0) is 40.8. The molecule has 56 heavy (non-hydrogen) atoms. The molecule has 0 amide bonds. The second-order valence-corrected chi connectivity index (χ2v) is 18.1. The van der Waals surface area contributed by atoms with E-state index in [1.54, 1.807) is 6.08 Å². The van der Waals surface area contributed by atoms with Gasteiger partial charge in [-0.3, -0.25) is 4.79 Å². The summed E-state index contributed by atoms with van der Waals surface area (Å²) in [6, 6.07) is 0. The number of carbonyl (C=O) groups excluding carboxylic acids is 2. The summed E-state index contributed by atoms with van der Waals surface area (Å²) in [6.45, 7) is 20.9. The molecule has 4 saturated carbocycles. The minimum atomic E-state index is -0.233. The van der Waals surface area contributed by atoms with Crippen LogP contribution in [0.4, 0.5) is 0 Å². The van der Waals surface area contributed by atoms with Crippen molar-refractivity contribution < 1.29 is 38.6 Å². The summed E-state index contributed by atoms with van der Waals surface area (Å²) >= 11 is 0. The highest BCUT2D eigenvalue weighted by Crippen LogP contribution is 2.61. The number of hydrogen-bond donors (Lipinski definition) is 0. The third-order valence-electron chi connectivity index (χ3n) is 14.7. The Morgan fingerprint density at radius 3 is 1.80 bits per heavy atom. The fraction of sp³-hybridized carbons (Fsp3) is 0.875. The van der Waals surface area contributed by atoms with Crippen LogP contribution in [0.2, 0.25) is 0 Å². The first-order chi connectivity index (χ1) is 27.0. The molecule has 4 rings (SSSR count). The summed E-state index contributed by atoms with van der Waals surface area (Å²) in [7, 11) is 0. The second kappa shape index (κ2) is 26.4. The Morgan fingerprint density at radius 2 is 1.20 bits per heavy atom. The molecule has 0 aromatic heterocycles. The Kier molecular flexibility index (Phi) is 22.9. The van der Waals surface area contributed by atoms with Crippen LogP contribution in [-0.4, -0.2) is 51.6 Å². The van der Waals surface area contributed by atoms with Crippen molar-refractivity contribution in [2.24, 2.45) is 58.2 Å². The number of esters is 2. The van der Waals surface area contributed by atoms with Gasteiger partial charge in [-0.2, -0.15) is 0 Å².